The highest BCUT2D eigenvalue weighted by atomic mass is 19.1. The molecule has 4 rings (SSSR count). The van der Waals surface area contributed by atoms with Crippen molar-refractivity contribution in [3.05, 3.63) is 53.8 Å². The van der Waals surface area contributed by atoms with Crippen molar-refractivity contribution < 1.29 is 14.3 Å². The Morgan fingerprint density at radius 3 is 2.56 bits per heavy atom. The van der Waals surface area contributed by atoms with E-state index in [1.807, 2.05) is 24.9 Å². The summed E-state index contributed by atoms with van der Waals surface area (Å²) in [5, 5.41) is 9.99. The van der Waals surface area contributed by atoms with Crippen LogP contribution in [0, 0.1) is 11.7 Å². The summed E-state index contributed by atoms with van der Waals surface area (Å²) in [7, 11) is 2.01. The lowest BCUT2D eigenvalue weighted by Gasteiger charge is -2.44. The zero-order valence-electron chi connectivity index (χ0n) is 15.7. The SMILES string of the molecule is CCC(=O)N1CC[C@@H]2[C@H]1c1cc(-c3ccc(F)cc3)ccc1N(C)[C@H]2CO. The van der Waals surface area contributed by atoms with Crippen LogP contribution >= 0.6 is 0 Å². The molecule has 27 heavy (non-hydrogen) atoms. The summed E-state index contributed by atoms with van der Waals surface area (Å²) in [5.74, 6) is 0.117. The van der Waals surface area contributed by atoms with Crippen molar-refractivity contribution in [1.29, 1.82) is 0 Å². The third kappa shape index (κ3) is 2.90. The quantitative estimate of drug-likeness (QED) is 0.900. The zero-order valence-corrected chi connectivity index (χ0v) is 15.7. The first-order valence-electron chi connectivity index (χ1n) is 9.58. The van der Waals surface area contributed by atoms with E-state index in [4.69, 9.17) is 0 Å². The summed E-state index contributed by atoms with van der Waals surface area (Å²) in [6.45, 7) is 2.70. The molecular formula is C22H25FN2O2. The van der Waals surface area contributed by atoms with E-state index in [2.05, 4.69) is 17.0 Å². The number of rotatable bonds is 3. The van der Waals surface area contributed by atoms with Crippen LogP contribution in [0.4, 0.5) is 10.1 Å². The first kappa shape index (κ1) is 18.0. The third-order valence-corrected chi connectivity index (χ3v) is 6.15. The maximum atomic E-state index is 13.3. The van der Waals surface area contributed by atoms with Crippen molar-refractivity contribution in [1.82, 2.24) is 4.90 Å². The van der Waals surface area contributed by atoms with Gasteiger partial charge in [0.15, 0.2) is 0 Å². The summed E-state index contributed by atoms with van der Waals surface area (Å²) in [6, 6.07) is 12.7. The Morgan fingerprint density at radius 2 is 1.89 bits per heavy atom. The number of fused-ring (bicyclic) bond motifs is 3. The number of likely N-dealkylation sites (tertiary alicyclic amines) is 1. The number of carbonyl (C=O) groups excluding carboxylic acids is 1. The van der Waals surface area contributed by atoms with Crippen molar-refractivity contribution in [2.75, 3.05) is 25.1 Å². The Bertz CT molecular complexity index is 852. The van der Waals surface area contributed by atoms with Gasteiger partial charge in [-0.2, -0.15) is 0 Å². The minimum atomic E-state index is -0.252. The Morgan fingerprint density at radius 1 is 1.19 bits per heavy atom. The minimum absolute atomic E-state index is 0.00817. The average molecular weight is 368 g/mol. The van der Waals surface area contributed by atoms with Crippen molar-refractivity contribution in [2.45, 2.75) is 31.8 Å². The van der Waals surface area contributed by atoms with Crippen molar-refractivity contribution >= 4 is 11.6 Å². The fourth-order valence-corrected chi connectivity index (χ4v) is 4.76. The van der Waals surface area contributed by atoms with E-state index in [1.165, 1.54) is 12.1 Å². The number of hydrogen-bond acceptors (Lipinski definition) is 3. The monoisotopic (exact) mass is 368 g/mol. The van der Waals surface area contributed by atoms with E-state index in [9.17, 15) is 14.3 Å². The Labute approximate surface area is 159 Å². The molecule has 142 valence electrons. The molecule has 3 atom stereocenters. The Balaban J connectivity index is 1.82. The van der Waals surface area contributed by atoms with Gasteiger partial charge in [-0.05, 0) is 47.4 Å². The van der Waals surface area contributed by atoms with E-state index in [1.54, 1.807) is 12.1 Å². The molecule has 2 aliphatic heterocycles. The molecule has 1 N–H and O–H groups in total. The fraction of sp³-hybridized carbons (Fsp3) is 0.409. The topological polar surface area (TPSA) is 43.8 Å². The summed E-state index contributed by atoms with van der Waals surface area (Å²) in [6.07, 6.45) is 1.38. The van der Waals surface area contributed by atoms with E-state index < -0.39 is 0 Å². The van der Waals surface area contributed by atoms with Crippen LogP contribution in [0.3, 0.4) is 0 Å². The summed E-state index contributed by atoms with van der Waals surface area (Å²) in [5.41, 5.74) is 4.14. The van der Waals surface area contributed by atoms with Crippen LogP contribution in [0.25, 0.3) is 11.1 Å². The molecule has 2 aliphatic rings. The van der Waals surface area contributed by atoms with Gasteiger partial charge in [0.2, 0.25) is 5.91 Å². The lowest BCUT2D eigenvalue weighted by molar-refractivity contribution is -0.132. The number of nitrogens with zero attached hydrogens (tertiary/aromatic N) is 2. The largest absolute Gasteiger partial charge is 0.394 e. The zero-order chi connectivity index (χ0) is 19.1. The molecule has 0 aromatic heterocycles. The summed E-state index contributed by atoms with van der Waals surface area (Å²) >= 11 is 0. The molecule has 1 amide bonds. The van der Waals surface area contributed by atoms with Crippen LogP contribution in [0.15, 0.2) is 42.5 Å². The third-order valence-electron chi connectivity index (χ3n) is 6.15. The molecule has 0 unspecified atom stereocenters. The molecule has 2 aromatic carbocycles. The molecule has 2 aromatic rings. The second-order valence-corrected chi connectivity index (χ2v) is 7.48. The van der Waals surface area contributed by atoms with Crippen molar-refractivity contribution in [2.24, 2.45) is 5.92 Å². The van der Waals surface area contributed by atoms with Crippen LogP contribution in [0.2, 0.25) is 0 Å². The van der Waals surface area contributed by atoms with Gasteiger partial charge in [-0.1, -0.05) is 25.1 Å². The van der Waals surface area contributed by atoms with E-state index in [-0.39, 0.29) is 36.3 Å². The van der Waals surface area contributed by atoms with Crippen LogP contribution in [-0.2, 0) is 4.79 Å². The van der Waals surface area contributed by atoms with Gasteiger partial charge < -0.3 is 14.9 Å². The molecule has 5 heteroatoms. The molecular weight excluding hydrogens is 343 g/mol. The van der Waals surface area contributed by atoms with Gasteiger partial charge in [-0.3, -0.25) is 4.79 Å². The molecule has 0 aliphatic carbocycles. The van der Waals surface area contributed by atoms with Gasteiger partial charge in [0.25, 0.3) is 0 Å². The number of aliphatic hydroxyl groups excluding tert-OH is 1. The second-order valence-electron chi connectivity index (χ2n) is 7.48. The van der Waals surface area contributed by atoms with Crippen LogP contribution in [-0.4, -0.2) is 42.2 Å². The van der Waals surface area contributed by atoms with Gasteiger partial charge in [-0.25, -0.2) is 4.39 Å². The highest BCUT2D eigenvalue weighted by Gasteiger charge is 2.47. The molecule has 1 saturated heterocycles. The Kier molecular flexibility index (Phi) is 4.64. The number of amides is 1. The van der Waals surface area contributed by atoms with Gasteiger partial charge in [0, 0.05) is 31.6 Å². The minimum Gasteiger partial charge on any atom is -0.394 e. The lowest BCUT2D eigenvalue weighted by atomic mass is 9.81. The fourth-order valence-electron chi connectivity index (χ4n) is 4.76. The van der Waals surface area contributed by atoms with Crippen molar-refractivity contribution in [3.8, 4) is 11.1 Å². The second kappa shape index (κ2) is 6.97. The Hall–Kier alpha value is -2.40. The van der Waals surface area contributed by atoms with E-state index in [0.29, 0.717) is 6.42 Å². The summed E-state index contributed by atoms with van der Waals surface area (Å²) in [4.78, 5) is 16.7. The molecule has 0 radical (unpaired) electrons. The van der Waals surface area contributed by atoms with Gasteiger partial charge in [0.1, 0.15) is 5.82 Å². The highest BCUT2D eigenvalue weighted by molar-refractivity contribution is 5.78. The molecule has 0 bridgehead atoms. The highest BCUT2D eigenvalue weighted by Crippen LogP contribution is 2.49. The predicted octanol–water partition coefficient (Wildman–Crippen LogP) is 3.60. The number of benzene rings is 2. The number of hydrogen-bond donors (Lipinski definition) is 1. The van der Waals surface area contributed by atoms with Crippen LogP contribution < -0.4 is 4.90 Å². The number of carbonyl (C=O) groups is 1. The van der Waals surface area contributed by atoms with Gasteiger partial charge in [-0.15, -0.1) is 0 Å². The maximum absolute atomic E-state index is 13.3. The van der Waals surface area contributed by atoms with Gasteiger partial charge >= 0.3 is 0 Å². The lowest BCUT2D eigenvalue weighted by Crippen LogP contribution is -2.48. The number of halogens is 1. The van der Waals surface area contributed by atoms with E-state index in [0.717, 1.165) is 35.3 Å². The average Bonchev–Trinajstić information content (AvgIpc) is 3.13. The van der Waals surface area contributed by atoms with Crippen LogP contribution in [0.1, 0.15) is 31.4 Å². The number of aliphatic hydroxyl groups is 1. The number of anilines is 1. The first-order chi connectivity index (χ1) is 13.0. The van der Waals surface area contributed by atoms with Gasteiger partial charge in [0.05, 0.1) is 18.7 Å². The predicted molar refractivity (Wildman–Crippen MR) is 104 cm³/mol. The maximum Gasteiger partial charge on any atom is 0.222 e. The molecule has 1 fully saturated rings. The smallest absolute Gasteiger partial charge is 0.222 e. The summed E-state index contributed by atoms with van der Waals surface area (Å²) < 4.78 is 13.3. The number of likely N-dealkylation sites (N-methyl/N-ethyl adjacent to an activating group) is 1. The standard InChI is InChI=1S/C22H25FN2O2/c1-3-21(27)25-11-10-17-20(13-26)24(2)19-9-6-15(12-18(19)22(17)25)14-4-7-16(23)8-5-14/h4-9,12,17,20,22,26H,3,10-11,13H2,1-2H3/t17-,20-,22-/m0/s1. The van der Waals surface area contributed by atoms with E-state index >= 15 is 0 Å². The molecule has 0 saturated carbocycles. The van der Waals surface area contributed by atoms with Crippen LogP contribution in [0.5, 0.6) is 0 Å². The molecule has 0 spiro atoms. The van der Waals surface area contributed by atoms with Crippen molar-refractivity contribution in [3.63, 3.8) is 0 Å². The first-order valence-corrected chi connectivity index (χ1v) is 9.58. The molecule has 4 nitrogen and oxygen atoms in total. The normalized spacial score (nSPS) is 23.9. The molecule has 2 heterocycles.